The van der Waals surface area contributed by atoms with Crippen LogP contribution in [0.25, 0.3) is 0 Å². The molecule has 1 amide bonds. The molecule has 0 saturated heterocycles. The van der Waals surface area contributed by atoms with Crippen LogP contribution in [-0.2, 0) is 0 Å². The summed E-state index contributed by atoms with van der Waals surface area (Å²) in [6, 6.07) is 1.79. The number of H-pyrrole nitrogens is 1. The van der Waals surface area contributed by atoms with Crippen molar-refractivity contribution < 1.29 is 4.79 Å². The van der Waals surface area contributed by atoms with Gasteiger partial charge in [0.05, 0.1) is 0 Å². The topological polar surface area (TPSA) is 70.9 Å². The molecular weight excluding hydrogens is 293 g/mol. The number of nitrogens with two attached hydrogens (primary N) is 1. The van der Waals surface area contributed by atoms with E-state index in [1.54, 1.807) is 12.3 Å². The fourth-order valence-corrected chi connectivity index (χ4v) is 1.39. The highest BCUT2D eigenvalue weighted by Gasteiger charge is 2.19. The zero-order valence-corrected chi connectivity index (χ0v) is 10.4. The Hall–Kier alpha value is -0.560. The maximum absolute atomic E-state index is 11.6. The van der Waals surface area contributed by atoms with Crippen molar-refractivity contribution in [2.75, 3.05) is 6.54 Å². The van der Waals surface area contributed by atoms with Gasteiger partial charge in [0, 0.05) is 21.9 Å². The van der Waals surface area contributed by atoms with E-state index in [0.717, 1.165) is 3.57 Å². The van der Waals surface area contributed by atoms with Crippen LogP contribution < -0.4 is 11.1 Å². The van der Waals surface area contributed by atoms with Crippen molar-refractivity contribution in [1.82, 2.24) is 10.3 Å². The summed E-state index contributed by atoms with van der Waals surface area (Å²) in [5.74, 6) is -0.122. The summed E-state index contributed by atoms with van der Waals surface area (Å²) < 4.78 is 1.01. The molecule has 0 bridgehead atoms. The van der Waals surface area contributed by atoms with E-state index in [-0.39, 0.29) is 11.4 Å². The molecule has 14 heavy (non-hydrogen) atoms. The minimum absolute atomic E-state index is 0.122. The normalized spacial score (nSPS) is 11.4. The molecule has 0 aromatic carbocycles. The highest BCUT2D eigenvalue weighted by atomic mass is 127. The number of halogens is 1. The maximum Gasteiger partial charge on any atom is 0.268 e. The third-order valence-corrected chi connectivity index (χ3v) is 2.48. The molecule has 78 valence electrons. The summed E-state index contributed by atoms with van der Waals surface area (Å²) in [5, 5.41) is 2.84. The van der Waals surface area contributed by atoms with Crippen LogP contribution in [0.3, 0.4) is 0 Å². The zero-order chi connectivity index (χ0) is 10.8. The standard InChI is InChI=1S/C9H14IN3O/c1-9(2,5-11)13-8(14)7-3-6(10)4-12-7/h3-4,12H,5,11H2,1-2H3,(H,13,14). The van der Waals surface area contributed by atoms with Gasteiger partial charge in [-0.2, -0.15) is 0 Å². The van der Waals surface area contributed by atoms with Crippen molar-refractivity contribution >= 4 is 28.5 Å². The summed E-state index contributed by atoms with van der Waals surface area (Å²) in [5.41, 5.74) is 5.71. The molecule has 0 atom stereocenters. The third-order valence-electron chi connectivity index (χ3n) is 1.85. The first-order valence-corrected chi connectivity index (χ1v) is 5.39. The van der Waals surface area contributed by atoms with Crippen molar-refractivity contribution in [1.29, 1.82) is 0 Å². The number of carbonyl (C=O) groups excluding carboxylic acids is 1. The molecule has 1 heterocycles. The molecule has 0 aliphatic carbocycles. The van der Waals surface area contributed by atoms with E-state index in [0.29, 0.717) is 12.2 Å². The lowest BCUT2D eigenvalue weighted by molar-refractivity contribution is 0.0911. The fourth-order valence-electron chi connectivity index (χ4n) is 0.925. The fraction of sp³-hybridized carbons (Fsp3) is 0.444. The lowest BCUT2D eigenvalue weighted by Gasteiger charge is -2.23. The maximum atomic E-state index is 11.6. The molecule has 0 aliphatic heterocycles. The van der Waals surface area contributed by atoms with Crippen LogP contribution in [0.4, 0.5) is 0 Å². The SMILES string of the molecule is CC(C)(CN)NC(=O)c1cc(I)c[nH]1. The van der Waals surface area contributed by atoms with Gasteiger partial charge in [0.25, 0.3) is 5.91 Å². The van der Waals surface area contributed by atoms with Gasteiger partial charge in [0.2, 0.25) is 0 Å². The van der Waals surface area contributed by atoms with Gasteiger partial charge in [-0.3, -0.25) is 4.79 Å². The number of aromatic amines is 1. The first-order valence-electron chi connectivity index (χ1n) is 4.31. The number of rotatable bonds is 3. The Labute approximate surface area is 96.8 Å². The van der Waals surface area contributed by atoms with Crippen LogP contribution >= 0.6 is 22.6 Å². The Morgan fingerprint density at radius 3 is 2.79 bits per heavy atom. The largest absolute Gasteiger partial charge is 0.356 e. The number of aromatic nitrogens is 1. The lowest BCUT2D eigenvalue weighted by Crippen LogP contribution is -2.48. The Bertz CT molecular complexity index is 333. The monoisotopic (exact) mass is 307 g/mol. The van der Waals surface area contributed by atoms with Crippen LogP contribution in [0.2, 0.25) is 0 Å². The quantitative estimate of drug-likeness (QED) is 0.732. The molecule has 0 radical (unpaired) electrons. The van der Waals surface area contributed by atoms with E-state index < -0.39 is 0 Å². The van der Waals surface area contributed by atoms with Crippen LogP contribution in [0.1, 0.15) is 24.3 Å². The van der Waals surface area contributed by atoms with Crippen molar-refractivity contribution in [2.24, 2.45) is 5.73 Å². The van der Waals surface area contributed by atoms with Crippen molar-refractivity contribution in [3.63, 3.8) is 0 Å². The first kappa shape index (κ1) is 11.5. The highest BCUT2D eigenvalue weighted by Crippen LogP contribution is 2.07. The zero-order valence-electron chi connectivity index (χ0n) is 8.23. The molecule has 1 aromatic rings. The molecule has 1 aromatic heterocycles. The van der Waals surface area contributed by atoms with Gasteiger partial charge in [-0.15, -0.1) is 0 Å². The molecule has 0 unspecified atom stereocenters. The van der Waals surface area contributed by atoms with Gasteiger partial charge >= 0.3 is 0 Å². The van der Waals surface area contributed by atoms with Crippen LogP contribution in [-0.4, -0.2) is 23.0 Å². The Kier molecular flexibility index (Phi) is 3.54. The van der Waals surface area contributed by atoms with Gasteiger partial charge in [0.15, 0.2) is 0 Å². The molecule has 4 N–H and O–H groups in total. The Balaban J connectivity index is 2.68. The molecule has 4 nitrogen and oxygen atoms in total. The van der Waals surface area contributed by atoms with Crippen molar-refractivity contribution in [3.8, 4) is 0 Å². The second-order valence-corrected chi connectivity index (χ2v) is 5.02. The minimum atomic E-state index is -0.367. The number of hydrogen-bond donors (Lipinski definition) is 3. The van der Waals surface area contributed by atoms with Crippen LogP contribution in [0.5, 0.6) is 0 Å². The van der Waals surface area contributed by atoms with E-state index in [1.807, 2.05) is 13.8 Å². The third kappa shape index (κ3) is 2.98. The van der Waals surface area contributed by atoms with Gasteiger partial charge in [-0.1, -0.05) is 0 Å². The van der Waals surface area contributed by atoms with Gasteiger partial charge < -0.3 is 16.0 Å². The molecule has 0 spiro atoms. The number of carbonyl (C=O) groups is 1. The average molecular weight is 307 g/mol. The Morgan fingerprint density at radius 2 is 2.36 bits per heavy atom. The summed E-state index contributed by atoms with van der Waals surface area (Å²) in [6.07, 6.45) is 1.78. The van der Waals surface area contributed by atoms with E-state index >= 15 is 0 Å². The number of amides is 1. The summed E-state index contributed by atoms with van der Waals surface area (Å²) in [4.78, 5) is 14.5. The van der Waals surface area contributed by atoms with Gasteiger partial charge in [-0.05, 0) is 42.5 Å². The molecular formula is C9H14IN3O. The Morgan fingerprint density at radius 1 is 1.71 bits per heavy atom. The van der Waals surface area contributed by atoms with E-state index in [2.05, 4.69) is 32.9 Å². The van der Waals surface area contributed by atoms with Crippen LogP contribution in [0, 0.1) is 3.57 Å². The molecule has 0 saturated carbocycles. The predicted octanol–water partition coefficient (Wildman–Crippen LogP) is 1.09. The highest BCUT2D eigenvalue weighted by molar-refractivity contribution is 14.1. The minimum Gasteiger partial charge on any atom is -0.356 e. The summed E-state index contributed by atoms with van der Waals surface area (Å²) in [6.45, 7) is 4.19. The van der Waals surface area contributed by atoms with E-state index in [9.17, 15) is 4.79 Å². The smallest absolute Gasteiger partial charge is 0.268 e. The van der Waals surface area contributed by atoms with Gasteiger partial charge in [0.1, 0.15) is 5.69 Å². The molecule has 0 aliphatic rings. The van der Waals surface area contributed by atoms with Crippen LogP contribution in [0.15, 0.2) is 12.3 Å². The second-order valence-electron chi connectivity index (χ2n) is 3.77. The van der Waals surface area contributed by atoms with E-state index in [4.69, 9.17) is 5.73 Å². The number of nitrogens with one attached hydrogen (secondary N) is 2. The second kappa shape index (κ2) is 4.31. The predicted molar refractivity (Wildman–Crippen MR) is 64.1 cm³/mol. The molecule has 5 heteroatoms. The first-order chi connectivity index (χ1) is 6.44. The average Bonchev–Trinajstić information content (AvgIpc) is 2.51. The molecule has 0 fully saturated rings. The summed E-state index contributed by atoms with van der Waals surface area (Å²) in [7, 11) is 0. The van der Waals surface area contributed by atoms with Crippen molar-refractivity contribution in [3.05, 3.63) is 21.5 Å². The van der Waals surface area contributed by atoms with E-state index in [1.165, 1.54) is 0 Å². The molecule has 1 rings (SSSR count). The van der Waals surface area contributed by atoms with Crippen molar-refractivity contribution in [2.45, 2.75) is 19.4 Å². The number of hydrogen-bond acceptors (Lipinski definition) is 2. The lowest BCUT2D eigenvalue weighted by atomic mass is 10.1. The van der Waals surface area contributed by atoms with Gasteiger partial charge in [-0.25, -0.2) is 0 Å². The summed E-state index contributed by atoms with van der Waals surface area (Å²) >= 11 is 2.14.